The lowest BCUT2D eigenvalue weighted by atomic mass is 10.1. The van der Waals surface area contributed by atoms with Crippen LogP contribution in [-0.4, -0.2) is 28.7 Å². The molecule has 0 atom stereocenters. The van der Waals surface area contributed by atoms with Crippen LogP contribution in [0.1, 0.15) is 16.1 Å². The van der Waals surface area contributed by atoms with Gasteiger partial charge in [0.15, 0.2) is 11.5 Å². The minimum absolute atomic E-state index is 0.181. The Labute approximate surface area is 102 Å². The minimum Gasteiger partial charge on any atom is -0.493 e. The summed E-state index contributed by atoms with van der Waals surface area (Å²) in [5.41, 5.74) is 0.831. The molecule has 0 unspecified atom stereocenters. The van der Waals surface area contributed by atoms with Gasteiger partial charge in [0.2, 0.25) is 5.78 Å². The second kappa shape index (κ2) is 4.92. The van der Waals surface area contributed by atoms with Crippen molar-refractivity contribution in [3.05, 3.63) is 35.7 Å². The lowest BCUT2D eigenvalue weighted by molar-refractivity contribution is 0.103. The molecule has 5 nitrogen and oxygen atoms in total. The molecule has 2 rings (SSSR count). The van der Waals surface area contributed by atoms with Crippen LogP contribution in [-0.2, 0) is 0 Å². The Hall–Kier alpha value is -1.95. The summed E-state index contributed by atoms with van der Waals surface area (Å²) in [4.78, 5) is 12.0. The molecule has 1 heterocycles. The maximum absolute atomic E-state index is 12.0. The third-order valence-corrected chi connectivity index (χ3v) is 2.72. The molecule has 1 aromatic heterocycles. The fourth-order valence-electron chi connectivity index (χ4n) is 1.39. The van der Waals surface area contributed by atoms with Gasteiger partial charge in [0, 0.05) is 5.56 Å². The molecule has 0 aliphatic heterocycles. The van der Waals surface area contributed by atoms with Gasteiger partial charge in [0.1, 0.15) is 5.69 Å². The first kappa shape index (κ1) is 11.5. The molecule has 0 spiro atoms. The summed E-state index contributed by atoms with van der Waals surface area (Å²) in [6.45, 7) is 0. The molecule has 0 radical (unpaired) electrons. The number of methoxy groups -OCH3 is 2. The van der Waals surface area contributed by atoms with E-state index in [1.807, 2.05) is 0 Å². The van der Waals surface area contributed by atoms with E-state index in [0.717, 1.165) is 11.7 Å². The molecule has 0 bridgehead atoms. The van der Waals surface area contributed by atoms with Crippen LogP contribution in [0.15, 0.2) is 24.4 Å². The number of nitrogens with zero attached hydrogens (tertiary/aromatic N) is 2. The highest BCUT2D eigenvalue weighted by Crippen LogP contribution is 2.28. The van der Waals surface area contributed by atoms with Crippen LogP contribution in [0.2, 0.25) is 0 Å². The molecule has 2 aromatic rings. The van der Waals surface area contributed by atoms with E-state index in [9.17, 15) is 4.79 Å². The van der Waals surface area contributed by atoms with Gasteiger partial charge in [-0.25, -0.2) is 0 Å². The molecule has 0 aliphatic carbocycles. The molecule has 0 fully saturated rings. The lowest BCUT2D eigenvalue weighted by Gasteiger charge is -2.08. The zero-order valence-electron chi connectivity index (χ0n) is 9.34. The summed E-state index contributed by atoms with van der Waals surface area (Å²) in [6, 6.07) is 4.98. The summed E-state index contributed by atoms with van der Waals surface area (Å²) in [5, 5.41) is 0. The normalized spacial score (nSPS) is 10.0. The van der Waals surface area contributed by atoms with Crippen molar-refractivity contribution in [3.8, 4) is 11.5 Å². The van der Waals surface area contributed by atoms with Crippen molar-refractivity contribution in [2.45, 2.75) is 0 Å². The van der Waals surface area contributed by atoms with Gasteiger partial charge in [-0.2, -0.15) is 8.75 Å². The van der Waals surface area contributed by atoms with Crippen molar-refractivity contribution >= 4 is 17.5 Å². The number of hydrogen-bond donors (Lipinski definition) is 0. The number of benzene rings is 1. The monoisotopic (exact) mass is 250 g/mol. The van der Waals surface area contributed by atoms with E-state index in [4.69, 9.17) is 9.47 Å². The molecular weight excluding hydrogens is 240 g/mol. The van der Waals surface area contributed by atoms with Gasteiger partial charge < -0.3 is 9.47 Å². The van der Waals surface area contributed by atoms with Crippen molar-refractivity contribution in [3.63, 3.8) is 0 Å². The second-order valence-electron chi connectivity index (χ2n) is 3.19. The van der Waals surface area contributed by atoms with Crippen LogP contribution in [0.4, 0.5) is 0 Å². The summed E-state index contributed by atoms with van der Waals surface area (Å²) < 4.78 is 17.9. The highest BCUT2D eigenvalue weighted by Gasteiger charge is 2.14. The standard InChI is InChI=1S/C11H10N2O3S/c1-15-9-4-3-7(5-10(9)16-2)11(14)8-6-12-17-13-8/h3-6H,1-2H3. The van der Waals surface area contributed by atoms with E-state index in [0.29, 0.717) is 22.8 Å². The van der Waals surface area contributed by atoms with Crippen LogP contribution in [0, 0.1) is 0 Å². The first-order valence-electron chi connectivity index (χ1n) is 4.80. The minimum atomic E-state index is -0.181. The fourth-order valence-corrected chi connectivity index (χ4v) is 1.80. The highest BCUT2D eigenvalue weighted by molar-refractivity contribution is 6.99. The van der Waals surface area contributed by atoms with Crippen LogP contribution in [0.25, 0.3) is 0 Å². The summed E-state index contributed by atoms with van der Waals surface area (Å²) in [7, 11) is 3.07. The van der Waals surface area contributed by atoms with Gasteiger partial charge >= 0.3 is 0 Å². The predicted octanol–water partition coefficient (Wildman–Crippen LogP) is 1.79. The summed E-state index contributed by atoms with van der Waals surface area (Å²) >= 11 is 1.00. The molecule has 88 valence electrons. The Bertz CT molecular complexity index is 526. The van der Waals surface area contributed by atoms with Gasteiger partial charge in [-0.05, 0) is 18.2 Å². The van der Waals surface area contributed by atoms with E-state index < -0.39 is 0 Å². The predicted molar refractivity (Wildman–Crippen MR) is 62.9 cm³/mol. The van der Waals surface area contributed by atoms with Gasteiger partial charge in [0.25, 0.3) is 0 Å². The van der Waals surface area contributed by atoms with Crippen LogP contribution in [0.3, 0.4) is 0 Å². The fraction of sp³-hybridized carbons (Fsp3) is 0.182. The molecular formula is C11H10N2O3S. The van der Waals surface area contributed by atoms with Crippen molar-refractivity contribution < 1.29 is 14.3 Å². The summed E-state index contributed by atoms with van der Waals surface area (Å²) in [6.07, 6.45) is 1.45. The van der Waals surface area contributed by atoms with E-state index in [1.165, 1.54) is 13.3 Å². The zero-order valence-corrected chi connectivity index (χ0v) is 10.2. The highest BCUT2D eigenvalue weighted by atomic mass is 32.1. The molecule has 0 amide bonds. The van der Waals surface area contributed by atoms with Gasteiger partial charge in [0.05, 0.1) is 32.1 Å². The Morgan fingerprint density at radius 3 is 2.59 bits per heavy atom. The molecule has 0 saturated carbocycles. The number of aromatic nitrogens is 2. The third kappa shape index (κ3) is 2.26. The van der Waals surface area contributed by atoms with Crippen LogP contribution in [0.5, 0.6) is 11.5 Å². The topological polar surface area (TPSA) is 61.3 Å². The van der Waals surface area contributed by atoms with Gasteiger partial charge in [-0.3, -0.25) is 4.79 Å². The smallest absolute Gasteiger partial charge is 0.214 e. The quantitative estimate of drug-likeness (QED) is 0.774. The van der Waals surface area contributed by atoms with Crippen molar-refractivity contribution in [1.82, 2.24) is 8.75 Å². The molecule has 0 aliphatic rings. The van der Waals surface area contributed by atoms with E-state index in [-0.39, 0.29) is 5.78 Å². The van der Waals surface area contributed by atoms with Gasteiger partial charge in [-0.1, -0.05) is 0 Å². The van der Waals surface area contributed by atoms with E-state index in [1.54, 1.807) is 25.3 Å². The third-order valence-electron chi connectivity index (χ3n) is 2.24. The van der Waals surface area contributed by atoms with Crippen molar-refractivity contribution in [1.29, 1.82) is 0 Å². The van der Waals surface area contributed by atoms with Crippen LogP contribution < -0.4 is 9.47 Å². The Balaban J connectivity index is 2.37. The molecule has 6 heteroatoms. The lowest BCUT2D eigenvalue weighted by Crippen LogP contribution is -2.02. The molecule has 17 heavy (non-hydrogen) atoms. The molecule has 1 aromatic carbocycles. The van der Waals surface area contributed by atoms with Crippen molar-refractivity contribution in [2.75, 3.05) is 14.2 Å². The number of rotatable bonds is 4. The number of carbonyl (C=O) groups is 1. The average Bonchev–Trinajstić information content (AvgIpc) is 2.90. The second-order valence-corrected chi connectivity index (χ2v) is 3.75. The Kier molecular flexibility index (Phi) is 3.34. The van der Waals surface area contributed by atoms with Crippen molar-refractivity contribution in [2.24, 2.45) is 0 Å². The Morgan fingerprint density at radius 1 is 1.24 bits per heavy atom. The van der Waals surface area contributed by atoms with Gasteiger partial charge in [-0.15, -0.1) is 0 Å². The average molecular weight is 250 g/mol. The number of ether oxygens (including phenoxy) is 2. The first-order chi connectivity index (χ1) is 8.26. The summed E-state index contributed by atoms with van der Waals surface area (Å²) in [5.74, 6) is 0.918. The largest absolute Gasteiger partial charge is 0.493 e. The number of carbonyl (C=O) groups excluding carboxylic acids is 1. The Morgan fingerprint density at radius 2 is 2.00 bits per heavy atom. The SMILES string of the molecule is COc1ccc(C(=O)c2cnsn2)cc1OC. The van der Waals surface area contributed by atoms with E-state index in [2.05, 4.69) is 8.75 Å². The van der Waals surface area contributed by atoms with E-state index >= 15 is 0 Å². The maximum atomic E-state index is 12.0. The number of hydrogen-bond acceptors (Lipinski definition) is 6. The molecule has 0 saturated heterocycles. The molecule has 0 N–H and O–H groups in total. The zero-order chi connectivity index (χ0) is 12.3. The maximum Gasteiger partial charge on any atom is 0.214 e. The number of ketones is 1. The first-order valence-corrected chi connectivity index (χ1v) is 5.53. The van der Waals surface area contributed by atoms with Crippen LogP contribution >= 0.6 is 11.7 Å².